The minimum Gasteiger partial charge on any atom is -0.378 e. The van der Waals surface area contributed by atoms with Gasteiger partial charge in [-0.2, -0.15) is 13.2 Å². The molecule has 1 saturated carbocycles. The number of anilines is 1. The molecular formula is C22H29F3N6O2S. The standard InChI is InChI=1S/C22H29F3N6O2S/c1-14(2)27-20(33)28-19(32)13-34-21-30-29-18(31(21)17-9-4-3-5-10-17)12-26-16-8-6-7-15(11-16)22(23,24)25/h6-8,11,14,17,26H,3-5,9-10,12-13H2,1-2H3,(H2,27,28,32,33). The van der Waals surface area contributed by atoms with Crippen molar-refractivity contribution in [1.82, 2.24) is 25.4 Å². The Bertz CT molecular complexity index is 989. The molecule has 1 aromatic heterocycles. The maximum absolute atomic E-state index is 13.0. The Kier molecular flexibility index (Phi) is 8.81. The Morgan fingerprint density at radius 1 is 1.18 bits per heavy atom. The summed E-state index contributed by atoms with van der Waals surface area (Å²) in [6.07, 6.45) is 0.714. The molecule has 3 amide bonds. The van der Waals surface area contributed by atoms with Crippen molar-refractivity contribution in [2.45, 2.75) is 75.9 Å². The van der Waals surface area contributed by atoms with E-state index >= 15 is 0 Å². The lowest BCUT2D eigenvalue weighted by Crippen LogP contribution is -2.43. The second kappa shape index (κ2) is 11.6. The van der Waals surface area contributed by atoms with E-state index in [-0.39, 0.29) is 24.4 Å². The molecule has 34 heavy (non-hydrogen) atoms. The van der Waals surface area contributed by atoms with Crippen molar-refractivity contribution in [1.29, 1.82) is 0 Å². The van der Waals surface area contributed by atoms with Gasteiger partial charge in [0, 0.05) is 17.8 Å². The number of nitrogens with zero attached hydrogens (tertiary/aromatic N) is 3. The van der Waals surface area contributed by atoms with Crippen molar-refractivity contribution in [3.8, 4) is 0 Å². The Labute approximate surface area is 200 Å². The van der Waals surface area contributed by atoms with Crippen LogP contribution in [0.5, 0.6) is 0 Å². The third-order valence-corrected chi connectivity index (χ3v) is 6.26. The summed E-state index contributed by atoms with van der Waals surface area (Å²) in [4.78, 5) is 23.9. The monoisotopic (exact) mass is 498 g/mol. The summed E-state index contributed by atoms with van der Waals surface area (Å²) in [6, 6.07) is 4.50. The maximum Gasteiger partial charge on any atom is 0.416 e. The highest BCUT2D eigenvalue weighted by Gasteiger charge is 2.30. The van der Waals surface area contributed by atoms with Crippen LogP contribution in [0.4, 0.5) is 23.7 Å². The third-order valence-electron chi connectivity index (χ3n) is 5.32. The highest BCUT2D eigenvalue weighted by Crippen LogP contribution is 2.33. The van der Waals surface area contributed by atoms with Gasteiger partial charge in [0.2, 0.25) is 5.91 Å². The van der Waals surface area contributed by atoms with Gasteiger partial charge in [-0.25, -0.2) is 4.79 Å². The molecule has 0 aliphatic heterocycles. The zero-order valence-electron chi connectivity index (χ0n) is 19.1. The van der Waals surface area contributed by atoms with E-state index in [1.165, 1.54) is 17.8 Å². The van der Waals surface area contributed by atoms with Crippen molar-refractivity contribution in [3.05, 3.63) is 35.7 Å². The number of urea groups is 1. The summed E-state index contributed by atoms with van der Waals surface area (Å²) < 4.78 is 41.0. The summed E-state index contributed by atoms with van der Waals surface area (Å²) in [6.45, 7) is 3.77. The molecule has 0 unspecified atom stereocenters. The smallest absolute Gasteiger partial charge is 0.378 e. The Balaban J connectivity index is 1.70. The van der Waals surface area contributed by atoms with E-state index in [1.54, 1.807) is 19.9 Å². The molecule has 0 spiro atoms. The highest BCUT2D eigenvalue weighted by molar-refractivity contribution is 7.99. The molecule has 8 nitrogen and oxygen atoms in total. The number of hydrogen-bond acceptors (Lipinski definition) is 6. The highest BCUT2D eigenvalue weighted by atomic mass is 32.2. The molecule has 1 aromatic carbocycles. The van der Waals surface area contributed by atoms with Gasteiger partial charge in [-0.15, -0.1) is 10.2 Å². The SMILES string of the molecule is CC(C)NC(=O)NC(=O)CSc1nnc(CNc2cccc(C(F)(F)F)c2)n1C1CCCCC1. The number of thioether (sulfide) groups is 1. The molecule has 1 aliphatic carbocycles. The van der Waals surface area contributed by atoms with Crippen molar-refractivity contribution >= 4 is 29.4 Å². The lowest BCUT2D eigenvalue weighted by Gasteiger charge is -2.25. The lowest BCUT2D eigenvalue weighted by atomic mass is 9.95. The number of carbonyl (C=O) groups excluding carboxylic acids is 2. The molecule has 3 rings (SSSR count). The molecule has 12 heteroatoms. The summed E-state index contributed by atoms with van der Waals surface area (Å²) in [5, 5.41) is 16.9. The maximum atomic E-state index is 13.0. The number of alkyl halides is 3. The van der Waals surface area contributed by atoms with Gasteiger partial charge in [-0.3, -0.25) is 10.1 Å². The van der Waals surface area contributed by atoms with Gasteiger partial charge in [0.15, 0.2) is 11.0 Å². The van der Waals surface area contributed by atoms with Crippen LogP contribution in [0.25, 0.3) is 0 Å². The Hall–Kier alpha value is -2.76. The number of aromatic nitrogens is 3. The quantitative estimate of drug-likeness (QED) is 0.455. The molecule has 1 aliphatic rings. The minimum atomic E-state index is -4.42. The van der Waals surface area contributed by atoms with Crippen LogP contribution in [0.1, 0.15) is 63.4 Å². The molecule has 186 valence electrons. The van der Waals surface area contributed by atoms with Gasteiger partial charge in [0.1, 0.15) is 0 Å². The fraction of sp³-hybridized carbons (Fsp3) is 0.545. The van der Waals surface area contributed by atoms with Gasteiger partial charge in [-0.05, 0) is 44.9 Å². The molecule has 1 heterocycles. The topological polar surface area (TPSA) is 101 Å². The van der Waals surface area contributed by atoms with Crippen LogP contribution in [0, 0.1) is 0 Å². The van der Waals surface area contributed by atoms with Gasteiger partial charge in [0.05, 0.1) is 17.9 Å². The lowest BCUT2D eigenvalue weighted by molar-refractivity contribution is -0.137. The van der Waals surface area contributed by atoms with Gasteiger partial charge in [0.25, 0.3) is 0 Å². The van der Waals surface area contributed by atoms with Crippen molar-refractivity contribution in [2.24, 2.45) is 0 Å². The summed E-state index contributed by atoms with van der Waals surface area (Å²) in [5.74, 6) is 0.118. The second-order valence-electron chi connectivity index (χ2n) is 8.46. The van der Waals surface area contributed by atoms with Crippen LogP contribution < -0.4 is 16.0 Å². The zero-order chi connectivity index (χ0) is 24.7. The van der Waals surface area contributed by atoms with Crippen LogP contribution >= 0.6 is 11.8 Å². The number of benzene rings is 1. The van der Waals surface area contributed by atoms with E-state index in [1.807, 2.05) is 4.57 Å². The van der Waals surface area contributed by atoms with E-state index in [4.69, 9.17) is 0 Å². The van der Waals surface area contributed by atoms with Crippen LogP contribution in [-0.2, 0) is 17.5 Å². The Morgan fingerprint density at radius 2 is 1.91 bits per heavy atom. The predicted octanol–water partition coefficient (Wildman–Crippen LogP) is 4.74. The van der Waals surface area contributed by atoms with Gasteiger partial charge in [-0.1, -0.05) is 37.1 Å². The van der Waals surface area contributed by atoms with Crippen LogP contribution in [0.3, 0.4) is 0 Å². The third kappa shape index (κ3) is 7.37. The zero-order valence-corrected chi connectivity index (χ0v) is 19.9. The first kappa shape index (κ1) is 25.9. The summed E-state index contributed by atoms with van der Waals surface area (Å²) in [5.41, 5.74) is -0.396. The first-order chi connectivity index (χ1) is 16.1. The minimum absolute atomic E-state index is 0.0164. The molecule has 1 fully saturated rings. The van der Waals surface area contributed by atoms with Crippen molar-refractivity contribution in [2.75, 3.05) is 11.1 Å². The summed E-state index contributed by atoms with van der Waals surface area (Å²) >= 11 is 1.18. The van der Waals surface area contributed by atoms with E-state index in [2.05, 4.69) is 26.1 Å². The fourth-order valence-electron chi connectivity index (χ4n) is 3.81. The summed E-state index contributed by atoms with van der Waals surface area (Å²) in [7, 11) is 0. The normalized spacial score (nSPS) is 14.8. The number of amides is 3. The number of rotatable bonds is 8. The molecule has 0 radical (unpaired) electrons. The fourth-order valence-corrected chi connectivity index (χ4v) is 4.63. The van der Waals surface area contributed by atoms with Gasteiger partial charge < -0.3 is 15.2 Å². The first-order valence-corrected chi connectivity index (χ1v) is 12.2. The van der Waals surface area contributed by atoms with Crippen molar-refractivity contribution < 1.29 is 22.8 Å². The van der Waals surface area contributed by atoms with Gasteiger partial charge >= 0.3 is 12.2 Å². The molecule has 0 bridgehead atoms. The van der Waals surface area contributed by atoms with E-state index < -0.39 is 23.7 Å². The van der Waals surface area contributed by atoms with Crippen LogP contribution in [0.15, 0.2) is 29.4 Å². The van der Waals surface area contributed by atoms with E-state index in [9.17, 15) is 22.8 Å². The first-order valence-electron chi connectivity index (χ1n) is 11.2. The van der Waals surface area contributed by atoms with Crippen LogP contribution in [0.2, 0.25) is 0 Å². The number of nitrogens with one attached hydrogen (secondary N) is 3. The predicted molar refractivity (Wildman–Crippen MR) is 123 cm³/mol. The molecule has 0 atom stereocenters. The van der Waals surface area contributed by atoms with Crippen LogP contribution in [-0.4, -0.2) is 38.5 Å². The average Bonchev–Trinajstić information content (AvgIpc) is 3.18. The molecule has 3 N–H and O–H groups in total. The number of halogens is 3. The molecule has 0 saturated heterocycles. The largest absolute Gasteiger partial charge is 0.416 e. The Morgan fingerprint density at radius 3 is 2.59 bits per heavy atom. The second-order valence-corrected chi connectivity index (χ2v) is 9.40. The average molecular weight is 499 g/mol. The van der Waals surface area contributed by atoms with Crippen molar-refractivity contribution in [3.63, 3.8) is 0 Å². The van der Waals surface area contributed by atoms with E-state index in [0.29, 0.717) is 16.7 Å². The number of hydrogen-bond donors (Lipinski definition) is 3. The number of imide groups is 1. The van der Waals surface area contributed by atoms with E-state index in [0.717, 1.165) is 44.2 Å². The molecular weight excluding hydrogens is 469 g/mol. The molecule has 2 aromatic rings. The number of carbonyl (C=O) groups is 2.